The molecule has 0 saturated heterocycles. The second-order valence-electron chi connectivity index (χ2n) is 6.84. The number of fused-ring (bicyclic) bond motifs is 1. The van der Waals surface area contributed by atoms with Crippen molar-refractivity contribution >= 4 is 5.78 Å². The number of carbonyl (C=O) groups is 1. The normalized spacial score (nSPS) is 15.9. The van der Waals surface area contributed by atoms with Crippen molar-refractivity contribution in [2.24, 2.45) is 11.0 Å². The van der Waals surface area contributed by atoms with Crippen molar-refractivity contribution < 1.29 is 4.79 Å². The quantitative estimate of drug-likeness (QED) is 0.406. The van der Waals surface area contributed by atoms with Gasteiger partial charge in [0.1, 0.15) is 0 Å². The number of ketones is 1. The van der Waals surface area contributed by atoms with Crippen molar-refractivity contribution in [2.75, 3.05) is 6.54 Å². The van der Waals surface area contributed by atoms with Crippen LogP contribution in [0.4, 0.5) is 0 Å². The molecule has 0 saturated carbocycles. The van der Waals surface area contributed by atoms with Gasteiger partial charge in [0, 0.05) is 53.5 Å². The average Bonchev–Trinajstić information content (AvgIpc) is 3.06. The molecule has 2 heterocycles. The Balaban J connectivity index is 1.80. The van der Waals surface area contributed by atoms with Gasteiger partial charge in [0.25, 0.3) is 0 Å². The van der Waals surface area contributed by atoms with Crippen LogP contribution in [-0.2, 0) is 12.8 Å². The molecule has 0 fully saturated rings. The number of nitrogens with one attached hydrogen (secondary N) is 1. The van der Waals surface area contributed by atoms with E-state index in [9.17, 15) is 4.79 Å². The second kappa shape index (κ2) is 7.48. The highest BCUT2D eigenvalue weighted by atomic mass is 16.1. The minimum Gasteiger partial charge on any atom is -0.358 e. The van der Waals surface area contributed by atoms with E-state index in [0.29, 0.717) is 25.8 Å². The third-order valence-corrected chi connectivity index (χ3v) is 5.02. The lowest BCUT2D eigenvalue weighted by molar-refractivity contribution is 0.0949. The maximum atomic E-state index is 12.9. The van der Waals surface area contributed by atoms with E-state index < -0.39 is 0 Å². The number of benzene rings is 1. The Morgan fingerprint density at radius 2 is 1.93 bits per heavy atom. The lowest BCUT2D eigenvalue weighted by Crippen LogP contribution is -2.22. The van der Waals surface area contributed by atoms with Crippen LogP contribution in [0.15, 0.2) is 60.0 Å². The van der Waals surface area contributed by atoms with Crippen LogP contribution in [0, 0.1) is 5.92 Å². The standard InChI is InChI=1S/C21H19N5O/c22-26-24-13-15-11-18-20(19(27)12-15)17(10-14-4-2-1-3-5-14)21(25-18)16-6-8-23-9-7-16/h1-9,15,25H,10-13H2. The summed E-state index contributed by atoms with van der Waals surface area (Å²) in [5, 5.41) is 3.66. The highest BCUT2D eigenvalue weighted by molar-refractivity contribution is 6.01. The SMILES string of the molecule is [N-]=[N+]=NCC1CC(=O)c2c([nH]c(-c3ccncc3)c2Cc2ccccc2)C1. The minimum absolute atomic E-state index is 0.0504. The number of aromatic amines is 1. The molecule has 1 atom stereocenters. The summed E-state index contributed by atoms with van der Waals surface area (Å²) in [5.74, 6) is 0.172. The summed E-state index contributed by atoms with van der Waals surface area (Å²) in [4.78, 5) is 23.4. The number of H-pyrrole nitrogens is 1. The van der Waals surface area contributed by atoms with Crippen LogP contribution in [-0.4, -0.2) is 22.3 Å². The first-order valence-corrected chi connectivity index (χ1v) is 8.98. The summed E-state index contributed by atoms with van der Waals surface area (Å²) in [6.07, 6.45) is 5.34. The molecule has 3 aromatic rings. The maximum absolute atomic E-state index is 12.9. The monoisotopic (exact) mass is 357 g/mol. The van der Waals surface area contributed by atoms with Gasteiger partial charge in [-0.1, -0.05) is 35.4 Å². The number of aromatic nitrogens is 2. The Morgan fingerprint density at radius 1 is 1.15 bits per heavy atom. The number of azide groups is 1. The lowest BCUT2D eigenvalue weighted by atomic mass is 9.84. The molecule has 0 aliphatic heterocycles. The Labute approximate surface area is 156 Å². The summed E-state index contributed by atoms with van der Waals surface area (Å²) < 4.78 is 0. The molecule has 1 aliphatic carbocycles. The largest absolute Gasteiger partial charge is 0.358 e. The van der Waals surface area contributed by atoms with Gasteiger partial charge in [-0.25, -0.2) is 0 Å². The number of carbonyl (C=O) groups excluding carboxylic acids is 1. The third kappa shape index (κ3) is 3.48. The highest BCUT2D eigenvalue weighted by Gasteiger charge is 2.31. The van der Waals surface area contributed by atoms with Crippen molar-refractivity contribution in [3.05, 3.63) is 87.7 Å². The Morgan fingerprint density at radius 3 is 2.67 bits per heavy atom. The molecular formula is C21H19N5O. The smallest absolute Gasteiger partial charge is 0.165 e. The van der Waals surface area contributed by atoms with E-state index in [1.807, 2.05) is 30.3 Å². The van der Waals surface area contributed by atoms with E-state index in [1.54, 1.807) is 12.4 Å². The van der Waals surface area contributed by atoms with E-state index in [4.69, 9.17) is 5.53 Å². The summed E-state index contributed by atoms with van der Waals surface area (Å²) in [6.45, 7) is 0.347. The number of hydrogen-bond acceptors (Lipinski definition) is 3. The van der Waals surface area contributed by atoms with Crippen LogP contribution in [0.5, 0.6) is 0 Å². The maximum Gasteiger partial charge on any atom is 0.165 e. The fourth-order valence-corrected chi connectivity index (χ4v) is 3.83. The first kappa shape index (κ1) is 17.1. The van der Waals surface area contributed by atoms with Crippen LogP contribution in [0.1, 0.15) is 33.6 Å². The van der Waals surface area contributed by atoms with Gasteiger partial charge in [0.15, 0.2) is 5.78 Å². The van der Waals surface area contributed by atoms with E-state index in [2.05, 4.69) is 32.1 Å². The Bertz CT molecular complexity index is 1000. The third-order valence-electron chi connectivity index (χ3n) is 5.02. The molecule has 2 aromatic heterocycles. The van der Waals surface area contributed by atoms with Crippen LogP contribution in [0.2, 0.25) is 0 Å². The molecule has 6 nitrogen and oxygen atoms in total. The van der Waals surface area contributed by atoms with Gasteiger partial charge in [-0.3, -0.25) is 9.78 Å². The number of hydrogen-bond donors (Lipinski definition) is 1. The zero-order valence-electron chi connectivity index (χ0n) is 14.8. The van der Waals surface area contributed by atoms with Gasteiger partial charge in [-0.15, -0.1) is 0 Å². The highest BCUT2D eigenvalue weighted by Crippen LogP contribution is 2.36. The molecule has 0 bridgehead atoms. The topological polar surface area (TPSA) is 94.5 Å². The lowest BCUT2D eigenvalue weighted by Gasteiger charge is -2.20. The molecule has 134 valence electrons. The molecule has 1 N–H and O–H groups in total. The van der Waals surface area contributed by atoms with Gasteiger partial charge in [-0.2, -0.15) is 0 Å². The molecule has 4 rings (SSSR count). The molecule has 27 heavy (non-hydrogen) atoms. The summed E-state index contributed by atoms with van der Waals surface area (Å²) >= 11 is 0. The molecule has 0 spiro atoms. The molecule has 6 heteroatoms. The number of pyridine rings is 1. The fraction of sp³-hybridized carbons (Fsp3) is 0.238. The summed E-state index contributed by atoms with van der Waals surface area (Å²) in [6, 6.07) is 14.1. The van der Waals surface area contributed by atoms with Crippen LogP contribution < -0.4 is 0 Å². The van der Waals surface area contributed by atoms with E-state index >= 15 is 0 Å². The molecule has 1 aliphatic rings. The van der Waals surface area contributed by atoms with Gasteiger partial charge in [0.2, 0.25) is 0 Å². The van der Waals surface area contributed by atoms with E-state index in [0.717, 1.165) is 28.1 Å². The number of Topliss-reactive ketones (excluding diaryl/α,β-unsaturated/α-hetero) is 1. The second-order valence-corrected chi connectivity index (χ2v) is 6.84. The average molecular weight is 357 g/mol. The predicted molar refractivity (Wildman–Crippen MR) is 103 cm³/mol. The van der Waals surface area contributed by atoms with Gasteiger partial charge >= 0.3 is 0 Å². The number of nitrogens with zero attached hydrogens (tertiary/aromatic N) is 4. The summed E-state index contributed by atoms with van der Waals surface area (Å²) in [5.41, 5.74) is 14.5. The van der Waals surface area contributed by atoms with Gasteiger partial charge in [-0.05, 0) is 41.1 Å². The van der Waals surface area contributed by atoms with Gasteiger partial charge in [0.05, 0.1) is 5.69 Å². The van der Waals surface area contributed by atoms with E-state index in [-0.39, 0.29) is 11.7 Å². The van der Waals surface area contributed by atoms with Crippen molar-refractivity contribution in [2.45, 2.75) is 19.3 Å². The minimum atomic E-state index is 0.0504. The molecule has 1 aromatic carbocycles. The molecular weight excluding hydrogens is 338 g/mol. The predicted octanol–water partition coefficient (Wildman–Crippen LogP) is 4.72. The molecule has 1 unspecified atom stereocenters. The van der Waals surface area contributed by atoms with E-state index in [1.165, 1.54) is 5.56 Å². The Hall–Kier alpha value is -3.37. The van der Waals surface area contributed by atoms with Crippen molar-refractivity contribution in [1.29, 1.82) is 0 Å². The zero-order chi connectivity index (χ0) is 18.6. The Kier molecular flexibility index (Phi) is 4.73. The van der Waals surface area contributed by atoms with Crippen LogP contribution in [0.25, 0.3) is 21.7 Å². The first-order chi connectivity index (χ1) is 13.3. The van der Waals surface area contributed by atoms with Crippen molar-refractivity contribution in [3.8, 4) is 11.3 Å². The van der Waals surface area contributed by atoms with Gasteiger partial charge < -0.3 is 4.98 Å². The fourth-order valence-electron chi connectivity index (χ4n) is 3.83. The molecule has 0 radical (unpaired) electrons. The van der Waals surface area contributed by atoms with Crippen LogP contribution >= 0.6 is 0 Å². The first-order valence-electron chi connectivity index (χ1n) is 8.98. The van der Waals surface area contributed by atoms with Crippen LogP contribution in [0.3, 0.4) is 0 Å². The zero-order valence-corrected chi connectivity index (χ0v) is 14.8. The number of rotatable bonds is 5. The molecule has 0 amide bonds. The summed E-state index contributed by atoms with van der Waals surface area (Å²) in [7, 11) is 0. The van der Waals surface area contributed by atoms with Crippen molar-refractivity contribution in [1.82, 2.24) is 9.97 Å². The van der Waals surface area contributed by atoms with Crippen molar-refractivity contribution in [3.63, 3.8) is 0 Å².